The van der Waals surface area contributed by atoms with Gasteiger partial charge in [0.15, 0.2) is 0 Å². The second-order valence-corrected chi connectivity index (χ2v) is 7.85. The van der Waals surface area contributed by atoms with Crippen molar-refractivity contribution < 1.29 is 13.2 Å². The fourth-order valence-corrected chi connectivity index (χ4v) is 4.06. The largest absolute Gasteiger partial charge is 0.495 e. The van der Waals surface area contributed by atoms with Gasteiger partial charge >= 0.3 is 0 Å². The molecular weight excluding hydrogens is 334 g/mol. The normalized spacial score (nSPS) is 11.7. The predicted molar refractivity (Wildman–Crippen MR) is 102 cm³/mol. The zero-order chi connectivity index (χ0) is 18.0. The summed E-state index contributed by atoms with van der Waals surface area (Å²) in [4.78, 5) is 0.147. The van der Waals surface area contributed by atoms with E-state index in [4.69, 9.17) is 4.74 Å². The minimum Gasteiger partial charge on any atom is -0.495 e. The second kappa shape index (κ2) is 6.76. The first kappa shape index (κ1) is 17.3. The highest BCUT2D eigenvalue weighted by molar-refractivity contribution is 7.92. The predicted octanol–water partition coefficient (Wildman–Crippen LogP) is 4.77. The maximum absolute atomic E-state index is 13.0. The summed E-state index contributed by atoms with van der Waals surface area (Å²) >= 11 is 0. The van der Waals surface area contributed by atoms with Gasteiger partial charge in [-0.25, -0.2) is 8.42 Å². The summed E-state index contributed by atoms with van der Waals surface area (Å²) in [5.74, 6) is 0.551. The van der Waals surface area contributed by atoms with Crippen LogP contribution in [0.15, 0.2) is 65.6 Å². The van der Waals surface area contributed by atoms with E-state index in [0.717, 1.165) is 16.3 Å². The van der Waals surface area contributed by atoms with E-state index < -0.39 is 10.0 Å². The molecule has 0 aliphatic heterocycles. The third kappa shape index (κ3) is 3.46. The molecule has 0 aliphatic carbocycles. The van der Waals surface area contributed by atoms with Crippen LogP contribution in [0.1, 0.15) is 25.3 Å². The molecule has 25 heavy (non-hydrogen) atoms. The molecule has 1 N–H and O–H groups in total. The molecule has 0 spiro atoms. The van der Waals surface area contributed by atoms with Crippen molar-refractivity contribution in [3.8, 4) is 5.75 Å². The third-order valence-corrected chi connectivity index (χ3v) is 5.56. The molecule has 4 nitrogen and oxygen atoms in total. The maximum atomic E-state index is 13.0. The Hall–Kier alpha value is -2.53. The van der Waals surface area contributed by atoms with Crippen LogP contribution >= 0.6 is 0 Å². The maximum Gasteiger partial charge on any atom is 0.265 e. The Morgan fingerprint density at radius 3 is 2.40 bits per heavy atom. The number of nitrogens with one attached hydrogen (secondary N) is 1. The van der Waals surface area contributed by atoms with E-state index >= 15 is 0 Å². The monoisotopic (exact) mass is 355 g/mol. The van der Waals surface area contributed by atoms with Crippen molar-refractivity contribution in [2.75, 3.05) is 11.8 Å². The van der Waals surface area contributed by atoms with E-state index in [-0.39, 0.29) is 10.8 Å². The first-order chi connectivity index (χ1) is 11.9. The number of fused-ring (bicyclic) bond motifs is 1. The topological polar surface area (TPSA) is 55.4 Å². The zero-order valence-electron chi connectivity index (χ0n) is 14.5. The van der Waals surface area contributed by atoms with Crippen molar-refractivity contribution in [1.29, 1.82) is 0 Å². The van der Waals surface area contributed by atoms with E-state index in [0.29, 0.717) is 11.4 Å². The number of rotatable bonds is 5. The van der Waals surface area contributed by atoms with Crippen molar-refractivity contribution in [2.45, 2.75) is 24.7 Å². The summed E-state index contributed by atoms with van der Waals surface area (Å²) in [6.07, 6.45) is 0. The molecule has 0 unspecified atom stereocenters. The van der Waals surface area contributed by atoms with Crippen LogP contribution in [-0.2, 0) is 10.0 Å². The number of benzene rings is 3. The van der Waals surface area contributed by atoms with Crippen LogP contribution in [0.5, 0.6) is 5.75 Å². The lowest BCUT2D eigenvalue weighted by molar-refractivity contribution is 0.402. The number of hydrogen-bond donors (Lipinski definition) is 1. The molecule has 3 aromatic rings. The molecule has 0 aliphatic rings. The van der Waals surface area contributed by atoms with Gasteiger partial charge < -0.3 is 4.74 Å². The summed E-state index contributed by atoms with van der Waals surface area (Å²) in [5.41, 5.74) is 1.49. The van der Waals surface area contributed by atoms with Gasteiger partial charge in [-0.15, -0.1) is 0 Å². The SMILES string of the molecule is COc1ccc(C(C)C)cc1S(=O)(=O)Nc1cccc2ccccc12. The molecule has 0 bridgehead atoms. The zero-order valence-corrected chi connectivity index (χ0v) is 15.3. The quantitative estimate of drug-likeness (QED) is 0.717. The Morgan fingerprint density at radius 2 is 1.68 bits per heavy atom. The van der Waals surface area contributed by atoms with Gasteiger partial charge in [-0.1, -0.05) is 56.3 Å². The Kier molecular flexibility index (Phi) is 4.68. The van der Waals surface area contributed by atoms with E-state index in [9.17, 15) is 8.42 Å². The Labute approximate surface area is 148 Å². The molecule has 0 aromatic heterocycles. The summed E-state index contributed by atoms with van der Waals surface area (Å²) in [5, 5.41) is 1.83. The van der Waals surface area contributed by atoms with Gasteiger partial charge in [-0.3, -0.25) is 4.72 Å². The van der Waals surface area contributed by atoms with Crippen molar-refractivity contribution in [2.24, 2.45) is 0 Å². The fourth-order valence-electron chi connectivity index (χ4n) is 2.78. The summed E-state index contributed by atoms with van der Waals surface area (Å²) < 4.78 is 34.0. The number of sulfonamides is 1. The second-order valence-electron chi connectivity index (χ2n) is 6.20. The van der Waals surface area contributed by atoms with Crippen LogP contribution < -0.4 is 9.46 Å². The summed E-state index contributed by atoms with van der Waals surface area (Å²) in [6.45, 7) is 4.05. The van der Waals surface area contributed by atoms with Crippen molar-refractivity contribution in [1.82, 2.24) is 0 Å². The fraction of sp³-hybridized carbons (Fsp3) is 0.200. The van der Waals surface area contributed by atoms with Gasteiger partial charge in [-0.2, -0.15) is 0 Å². The summed E-state index contributed by atoms with van der Waals surface area (Å²) in [7, 11) is -2.31. The molecular formula is C20H21NO3S. The highest BCUT2D eigenvalue weighted by atomic mass is 32.2. The van der Waals surface area contributed by atoms with Gasteiger partial charge in [0, 0.05) is 5.39 Å². The van der Waals surface area contributed by atoms with Crippen LogP contribution in [0.4, 0.5) is 5.69 Å². The van der Waals surface area contributed by atoms with Crippen LogP contribution in [0.25, 0.3) is 10.8 Å². The molecule has 3 rings (SSSR count). The molecule has 130 valence electrons. The van der Waals surface area contributed by atoms with Gasteiger partial charge in [0.25, 0.3) is 10.0 Å². The van der Waals surface area contributed by atoms with Crippen LogP contribution in [-0.4, -0.2) is 15.5 Å². The average Bonchev–Trinajstić information content (AvgIpc) is 2.61. The highest BCUT2D eigenvalue weighted by Crippen LogP contribution is 2.31. The Balaban J connectivity index is 2.09. The molecule has 0 radical (unpaired) electrons. The lowest BCUT2D eigenvalue weighted by atomic mass is 10.0. The van der Waals surface area contributed by atoms with Gasteiger partial charge in [-0.05, 0) is 35.1 Å². The van der Waals surface area contributed by atoms with Crippen LogP contribution in [0.2, 0.25) is 0 Å². The molecule has 0 saturated heterocycles. The number of ether oxygens (including phenoxy) is 1. The lowest BCUT2D eigenvalue weighted by Crippen LogP contribution is -2.15. The molecule has 0 saturated carbocycles. The van der Waals surface area contributed by atoms with Gasteiger partial charge in [0.1, 0.15) is 10.6 Å². The van der Waals surface area contributed by atoms with Gasteiger partial charge in [0.05, 0.1) is 12.8 Å². The van der Waals surface area contributed by atoms with Crippen LogP contribution in [0.3, 0.4) is 0 Å². The minimum absolute atomic E-state index is 0.147. The van der Waals surface area contributed by atoms with E-state index in [1.54, 1.807) is 18.2 Å². The van der Waals surface area contributed by atoms with Crippen molar-refractivity contribution in [3.63, 3.8) is 0 Å². The van der Waals surface area contributed by atoms with Crippen LogP contribution in [0, 0.1) is 0 Å². The number of anilines is 1. The van der Waals surface area contributed by atoms with Crippen molar-refractivity contribution in [3.05, 3.63) is 66.2 Å². The standard InChI is InChI=1S/C20H21NO3S/c1-14(2)16-11-12-19(24-3)20(13-16)25(22,23)21-18-10-6-8-15-7-4-5-9-17(15)18/h4-14,21H,1-3H3. The molecule has 0 fully saturated rings. The Bertz CT molecular complexity index is 1010. The molecule has 0 atom stereocenters. The molecule has 3 aromatic carbocycles. The number of methoxy groups -OCH3 is 1. The minimum atomic E-state index is -3.78. The first-order valence-corrected chi connectivity index (χ1v) is 9.59. The van der Waals surface area contributed by atoms with E-state index in [1.165, 1.54) is 7.11 Å². The van der Waals surface area contributed by atoms with E-state index in [2.05, 4.69) is 4.72 Å². The Morgan fingerprint density at radius 1 is 0.960 bits per heavy atom. The number of hydrogen-bond acceptors (Lipinski definition) is 3. The average molecular weight is 355 g/mol. The van der Waals surface area contributed by atoms with E-state index in [1.807, 2.05) is 56.3 Å². The smallest absolute Gasteiger partial charge is 0.265 e. The summed E-state index contributed by atoms with van der Waals surface area (Å²) in [6, 6.07) is 18.5. The lowest BCUT2D eigenvalue weighted by Gasteiger charge is -2.15. The molecule has 0 amide bonds. The first-order valence-electron chi connectivity index (χ1n) is 8.11. The highest BCUT2D eigenvalue weighted by Gasteiger charge is 2.21. The molecule has 5 heteroatoms. The van der Waals surface area contributed by atoms with Crippen molar-refractivity contribution >= 4 is 26.5 Å². The third-order valence-electron chi connectivity index (χ3n) is 4.18. The molecule has 0 heterocycles. The van der Waals surface area contributed by atoms with Gasteiger partial charge in [0.2, 0.25) is 0 Å².